The van der Waals surface area contributed by atoms with Gasteiger partial charge in [0.25, 0.3) is 0 Å². The molecule has 0 fully saturated rings. The average molecular weight is 253 g/mol. The van der Waals surface area contributed by atoms with Gasteiger partial charge in [0.15, 0.2) is 0 Å². The lowest BCUT2D eigenvalue weighted by atomic mass is 10.2. The van der Waals surface area contributed by atoms with E-state index >= 15 is 0 Å². The topological polar surface area (TPSA) is 44.5 Å². The molecule has 17 heavy (non-hydrogen) atoms. The Morgan fingerprint density at radius 3 is 2.47 bits per heavy atom. The molecule has 0 amide bonds. The number of thiocarbonyl (C=S) groups is 1. The number of hydrogen-bond donors (Lipinski definition) is 1. The van der Waals surface area contributed by atoms with Crippen molar-refractivity contribution in [2.45, 2.75) is 19.8 Å². The zero-order chi connectivity index (χ0) is 12.5. The largest absolute Gasteiger partial charge is 0.494 e. The Bertz CT molecular complexity index is 338. The summed E-state index contributed by atoms with van der Waals surface area (Å²) in [6, 6.07) is 7.49. The minimum Gasteiger partial charge on any atom is -0.494 e. The molecule has 94 valence electrons. The van der Waals surface area contributed by atoms with Crippen LogP contribution in [-0.4, -0.2) is 24.8 Å². The van der Waals surface area contributed by atoms with Gasteiger partial charge < -0.3 is 15.2 Å². The van der Waals surface area contributed by atoms with Crippen LogP contribution < -0.4 is 10.5 Å². The Hall–Kier alpha value is -1.13. The zero-order valence-electron chi connectivity index (χ0n) is 10.1. The van der Waals surface area contributed by atoms with Crippen molar-refractivity contribution in [2.24, 2.45) is 5.73 Å². The molecule has 1 aromatic carbocycles. The summed E-state index contributed by atoms with van der Waals surface area (Å²) < 4.78 is 10.9. The van der Waals surface area contributed by atoms with E-state index in [1.165, 1.54) is 0 Å². The van der Waals surface area contributed by atoms with Gasteiger partial charge in [0.1, 0.15) is 10.7 Å². The van der Waals surface area contributed by atoms with E-state index in [0.29, 0.717) is 11.6 Å². The Kier molecular flexibility index (Phi) is 6.58. The van der Waals surface area contributed by atoms with Gasteiger partial charge in [-0.1, -0.05) is 19.1 Å². The fraction of sp³-hybridized carbons (Fsp3) is 0.462. The lowest BCUT2D eigenvalue weighted by Crippen LogP contribution is -2.09. The quantitative estimate of drug-likeness (QED) is 0.571. The first kappa shape index (κ1) is 13.9. The van der Waals surface area contributed by atoms with Gasteiger partial charge in [-0.15, -0.1) is 0 Å². The number of hydrogen-bond acceptors (Lipinski definition) is 3. The average Bonchev–Trinajstić information content (AvgIpc) is 2.34. The molecule has 0 aliphatic heterocycles. The van der Waals surface area contributed by atoms with Crippen LogP contribution in [0.4, 0.5) is 0 Å². The molecule has 0 saturated heterocycles. The highest BCUT2D eigenvalue weighted by Crippen LogP contribution is 2.12. The molecular formula is C13H19NO2S. The van der Waals surface area contributed by atoms with Crippen molar-refractivity contribution in [3.05, 3.63) is 29.8 Å². The van der Waals surface area contributed by atoms with Gasteiger partial charge in [-0.3, -0.25) is 0 Å². The van der Waals surface area contributed by atoms with Crippen LogP contribution in [0.3, 0.4) is 0 Å². The monoisotopic (exact) mass is 253 g/mol. The standard InChI is InChI=1S/C13H19NO2S/c1-2-8-15-9-3-10-16-12-6-4-11(5-7-12)13(14)17/h4-7H,2-3,8-10H2,1H3,(H2,14,17). The zero-order valence-corrected chi connectivity index (χ0v) is 11.0. The summed E-state index contributed by atoms with van der Waals surface area (Å²) in [4.78, 5) is 0.407. The Balaban J connectivity index is 2.21. The molecule has 0 aliphatic rings. The van der Waals surface area contributed by atoms with Crippen molar-refractivity contribution in [1.29, 1.82) is 0 Å². The summed E-state index contributed by atoms with van der Waals surface area (Å²) in [5, 5.41) is 0. The highest BCUT2D eigenvalue weighted by atomic mass is 32.1. The molecule has 0 aromatic heterocycles. The lowest BCUT2D eigenvalue weighted by Gasteiger charge is -2.07. The van der Waals surface area contributed by atoms with E-state index in [2.05, 4.69) is 6.92 Å². The van der Waals surface area contributed by atoms with Crippen LogP contribution in [0.25, 0.3) is 0 Å². The van der Waals surface area contributed by atoms with E-state index in [1.54, 1.807) is 0 Å². The molecule has 0 unspecified atom stereocenters. The first-order valence-corrected chi connectivity index (χ1v) is 6.25. The number of nitrogens with two attached hydrogens (primary N) is 1. The Morgan fingerprint density at radius 2 is 1.88 bits per heavy atom. The smallest absolute Gasteiger partial charge is 0.119 e. The molecular weight excluding hydrogens is 234 g/mol. The van der Waals surface area contributed by atoms with Gasteiger partial charge in [-0.25, -0.2) is 0 Å². The number of benzene rings is 1. The predicted octanol–water partition coefficient (Wildman–Crippen LogP) is 2.52. The van der Waals surface area contributed by atoms with Gasteiger partial charge >= 0.3 is 0 Å². The SMILES string of the molecule is CCCOCCCOc1ccc(C(N)=S)cc1. The minimum absolute atomic E-state index is 0.407. The van der Waals surface area contributed by atoms with Gasteiger partial charge in [0.2, 0.25) is 0 Å². The molecule has 0 aliphatic carbocycles. The molecule has 0 radical (unpaired) electrons. The number of rotatable bonds is 8. The van der Waals surface area contributed by atoms with Crippen LogP contribution >= 0.6 is 12.2 Å². The van der Waals surface area contributed by atoms with Gasteiger partial charge in [-0.2, -0.15) is 0 Å². The molecule has 0 saturated carbocycles. The second kappa shape index (κ2) is 8.03. The second-order valence-electron chi connectivity index (χ2n) is 3.70. The van der Waals surface area contributed by atoms with Crippen molar-refractivity contribution < 1.29 is 9.47 Å². The Labute approximate surface area is 108 Å². The molecule has 0 spiro atoms. The van der Waals surface area contributed by atoms with E-state index < -0.39 is 0 Å². The fourth-order valence-corrected chi connectivity index (χ4v) is 1.45. The van der Waals surface area contributed by atoms with Crippen LogP contribution in [0.15, 0.2) is 24.3 Å². The van der Waals surface area contributed by atoms with Crippen molar-refractivity contribution in [1.82, 2.24) is 0 Å². The first-order valence-electron chi connectivity index (χ1n) is 5.84. The Morgan fingerprint density at radius 1 is 1.18 bits per heavy atom. The molecule has 0 atom stereocenters. The third-order valence-electron chi connectivity index (χ3n) is 2.19. The normalized spacial score (nSPS) is 10.2. The highest BCUT2D eigenvalue weighted by Gasteiger charge is 1.97. The molecule has 0 bridgehead atoms. The predicted molar refractivity (Wildman–Crippen MR) is 73.6 cm³/mol. The van der Waals surface area contributed by atoms with Crippen LogP contribution in [0, 0.1) is 0 Å². The third-order valence-corrected chi connectivity index (χ3v) is 2.42. The maximum absolute atomic E-state index is 5.56. The van der Waals surface area contributed by atoms with E-state index in [-0.39, 0.29) is 0 Å². The van der Waals surface area contributed by atoms with Gasteiger partial charge in [0, 0.05) is 25.2 Å². The highest BCUT2D eigenvalue weighted by molar-refractivity contribution is 7.80. The summed E-state index contributed by atoms with van der Waals surface area (Å²) in [5.41, 5.74) is 6.37. The van der Waals surface area contributed by atoms with Gasteiger partial charge in [0.05, 0.1) is 6.61 Å². The summed E-state index contributed by atoms with van der Waals surface area (Å²) in [5.74, 6) is 0.834. The molecule has 0 heterocycles. The van der Waals surface area contributed by atoms with Crippen LogP contribution in [0.5, 0.6) is 5.75 Å². The minimum atomic E-state index is 0.407. The van der Waals surface area contributed by atoms with Crippen molar-refractivity contribution in [3.63, 3.8) is 0 Å². The maximum atomic E-state index is 5.56. The third kappa shape index (κ3) is 5.65. The maximum Gasteiger partial charge on any atom is 0.119 e. The van der Waals surface area contributed by atoms with Crippen LogP contribution in [0.1, 0.15) is 25.3 Å². The van der Waals surface area contributed by atoms with E-state index in [9.17, 15) is 0 Å². The molecule has 2 N–H and O–H groups in total. The van der Waals surface area contributed by atoms with Gasteiger partial charge in [-0.05, 0) is 30.7 Å². The second-order valence-corrected chi connectivity index (χ2v) is 4.14. The van der Waals surface area contributed by atoms with E-state index in [0.717, 1.165) is 37.4 Å². The van der Waals surface area contributed by atoms with E-state index in [4.69, 9.17) is 27.4 Å². The summed E-state index contributed by atoms with van der Waals surface area (Å²) >= 11 is 4.87. The van der Waals surface area contributed by atoms with Crippen LogP contribution in [0.2, 0.25) is 0 Å². The van der Waals surface area contributed by atoms with Crippen molar-refractivity contribution in [3.8, 4) is 5.75 Å². The lowest BCUT2D eigenvalue weighted by molar-refractivity contribution is 0.120. The van der Waals surface area contributed by atoms with E-state index in [1.807, 2.05) is 24.3 Å². The fourth-order valence-electron chi connectivity index (χ4n) is 1.31. The molecule has 3 nitrogen and oxygen atoms in total. The molecule has 1 aromatic rings. The summed E-state index contributed by atoms with van der Waals surface area (Å²) in [6.07, 6.45) is 1.96. The van der Waals surface area contributed by atoms with Crippen LogP contribution in [-0.2, 0) is 4.74 Å². The van der Waals surface area contributed by atoms with Crippen molar-refractivity contribution in [2.75, 3.05) is 19.8 Å². The van der Waals surface area contributed by atoms with Crippen molar-refractivity contribution >= 4 is 17.2 Å². The summed E-state index contributed by atoms with van der Waals surface area (Å²) in [7, 11) is 0. The molecule has 1 rings (SSSR count). The molecule has 4 heteroatoms. The first-order chi connectivity index (χ1) is 8.24. The number of ether oxygens (including phenoxy) is 2. The summed E-state index contributed by atoms with van der Waals surface area (Å²) in [6.45, 7) is 4.33.